The summed E-state index contributed by atoms with van der Waals surface area (Å²) in [5.74, 6) is 0.0109. The van der Waals surface area contributed by atoms with Crippen molar-refractivity contribution < 1.29 is 4.39 Å². The quantitative estimate of drug-likeness (QED) is 0.411. The smallest absolute Gasteiger partial charge is 0.207 e. The second-order valence-corrected chi connectivity index (χ2v) is 8.43. The number of allylic oxidation sites excluding steroid dienone is 1. The number of aliphatic imine (C=N–C) groups is 1. The average Bonchev–Trinajstić information content (AvgIpc) is 2.82. The minimum atomic E-state index is -0.456. The molecule has 0 saturated carbocycles. The van der Waals surface area contributed by atoms with Crippen LogP contribution in [0.15, 0.2) is 71.4 Å². The average molecular weight is 458 g/mol. The minimum Gasteiger partial charge on any atom is -0.363 e. The summed E-state index contributed by atoms with van der Waals surface area (Å²) < 4.78 is 15.3. The number of nitrogens with one attached hydrogen (secondary N) is 1. The molecule has 0 atom stereocenters. The highest BCUT2D eigenvalue weighted by atomic mass is 19.1. The molecule has 0 unspecified atom stereocenters. The molecular weight excluding hydrogens is 429 g/mol. The molecule has 174 valence electrons. The van der Waals surface area contributed by atoms with E-state index in [2.05, 4.69) is 30.2 Å². The highest BCUT2D eigenvalue weighted by Gasteiger charge is 2.22. The SMILES string of the molecule is CC(C)=C/C(=C\N=C\c1ccnc(C)c1)CNc1ncnc(N2CCc3ncccc3C2)c1F. The van der Waals surface area contributed by atoms with Gasteiger partial charge in [-0.15, -0.1) is 0 Å². The lowest BCUT2D eigenvalue weighted by molar-refractivity contribution is 0.595. The number of aromatic nitrogens is 4. The maximum atomic E-state index is 15.3. The molecule has 0 aliphatic carbocycles. The first-order valence-electron chi connectivity index (χ1n) is 11.2. The van der Waals surface area contributed by atoms with E-state index in [1.165, 1.54) is 6.33 Å². The summed E-state index contributed by atoms with van der Waals surface area (Å²) in [4.78, 5) is 23.3. The molecule has 3 aromatic rings. The van der Waals surface area contributed by atoms with Crippen LogP contribution in [0.4, 0.5) is 16.0 Å². The summed E-state index contributed by atoms with van der Waals surface area (Å²) in [7, 11) is 0. The molecule has 7 nitrogen and oxygen atoms in total. The highest BCUT2D eigenvalue weighted by molar-refractivity contribution is 5.80. The maximum Gasteiger partial charge on any atom is 0.207 e. The first-order valence-corrected chi connectivity index (χ1v) is 11.2. The number of fused-ring (bicyclic) bond motifs is 1. The van der Waals surface area contributed by atoms with Crippen LogP contribution >= 0.6 is 0 Å². The third kappa shape index (κ3) is 5.89. The Hall–Kier alpha value is -3.94. The molecule has 4 rings (SSSR count). The Morgan fingerprint density at radius 1 is 1.18 bits per heavy atom. The summed E-state index contributed by atoms with van der Waals surface area (Å²) in [5.41, 5.74) is 6.08. The molecule has 0 radical (unpaired) electrons. The van der Waals surface area contributed by atoms with Gasteiger partial charge in [0.2, 0.25) is 5.82 Å². The largest absolute Gasteiger partial charge is 0.363 e. The standard InChI is InChI=1S/C26H28FN7/c1-18(2)11-21(14-28-13-20-6-9-29-19(3)12-20)15-31-25-24(27)26(33-17-32-25)34-10-7-23-22(16-34)5-4-8-30-23/h4-6,8-9,11-14,17H,7,10,15-16H2,1-3H3,(H,31,32,33)/b21-14+,28-13+. The molecule has 0 fully saturated rings. The minimum absolute atomic E-state index is 0.170. The predicted octanol–water partition coefficient (Wildman–Crippen LogP) is 4.66. The van der Waals surface area contributed by atoms with Crippen molar-refractivity contribution in [2.24, 2.45) is 4.99 Å². The number of halogens is 1. The normalized spacial score (nSPS) is 13.6. The number of rotatable bonds is 7. The fraction of sp³-hybridized carbons (Fsp3) is 0.269. The molecule has 1 aliphatic rings. The predicted molar refractivity (Wildman–Crippen MR) is 134 cm³/mol. The van der Waals surface area contributed by atoms with Crippen molar-refractivity contribution in [2.75, 3.05) is 23.3 Å². The Morgan fingerprint density at radius 3 is 2.88 bits per heavy atom. The second kappa shape index (κ2) is 10.8. The van der Waals surface area contributed by atoms with Crippen LogP contribution in [-0.4, -0.2) is 39.2 Å². The molecule has 0 spiro atoms. The zero-order chi connectivity index (χ0) is 23.9. The van der Waals surface area contributed by atoms with Crippen molar-refractivity contribution in [3.8, 4) is 0 Å². The molecule has 0 amide bonds. The van der Waals surface area contributed by atoms with Gasteiger partial charge in [0.1, 0.15) is 6.33 Å². The summed E-state index contributed by atoms with van der Waals surface area (Å²) in [5, 5.41) is 3.11. The van der Waals surface area contributed by atoms with Crippen molar-refractivity contribution >= 4 is 17.9 Å². The Balaban J connectivity index is 1.48. The van der Waals surface area contributed by atoms with E-state index in [1.54, 1.807) is 24.8 Å². The van der Waals surface area contributed by atoms with Gasteiger partial charge in [-0.25, -0.2) is 9.97 Å². The molecule has 3 aromatic heterocycles. The van der Waals surface area contributed by atoms with Crippen LogP contribution in [0.25, 0.3) is 0 Å². The van der Waals surface area contributed by atoms with Gasteiger partial charge in [-0.2, -0.15) is 4.39 Å². The van der Waals surface area contributed by atoms with E-state index in [0.717, 1.165) is 40.1 Å². The Morgan fingerprint density at radius 2 is 2.06 bits per heavy atom. The molecule has 8 heteroatoms. The maximum absolute atomic E-state index is 15.3. The van der Waals surface area contributed by atoms with Gasteiger partial charge in [0.15, 0.2) is 11.6 Å². The molecule has 1 aliphatic heterocycles. The molecular formula is C26H28FN7. The highest BCUT2D eigenvalue weighted by Crippen LogP contribution is 2.26. The molecule has 0 aromatic carbocycles. The van der Waals surface area contributed by atoms with Crippen LogP contribution in [0.2, 0.25) is 0 Å². The number of hydrogen-bond acceptors (Lipinski definition) is 7. The first kappa shape index (κ1) is 23.2. The van der Waals surface area contributed by atoms with E-state index in [0.29, 0.717) is 25.5 Å². The van der Waals surface area contributed by atoms with Gasteiger partial charge in [-0.1, -0.05) is 17.7 Å². The van der Waals surface area contributed by atoms with Crippen LogP contribution in [0.1, 0.15) is 36.4 Å². The van der Waals surface area contributed by atoms with E-state index in [9.17, 15) is 0 Å². The Bertz CT molecular complexity index is 1250. The van der Waals surface area contributed by atoms with Gasteiger partial charge >= 0.3 is 0 Å². The lowest BCUT2D eigenvalue weighted by atomic mass is 10.1. The van der Waals surface area contributed by atoms with Gasteiger partial charge in [0, 0.05) is 62.3 Å². The molecule has 0 saturated heterocycles. The van der Waals surface area contributed by atoms with E-state index < -0.39 is 5.82 Å². The van der Waals surface area contributed by atoms with Crippen LogP contribution in [0, 0.1) is 12.7 Å². The molecule has 34 heavy (non-hydrogen) atoms. The van der Waals surface area contributed by atoms with Crippen LogP contribution in [-0.2, 0) is 13.0 Å². The van der Waals surface area contributed by atoms with Crippen molar-refractivity contribution in [1.82, 2.24) is 19.9 Å². The number of aryl methyl sites for hydroxylation is 1. The Kier molecular flexibility index (Phi) is 7.37. The van der Waals surface area contributed by atoms with E-state index >= 15 is 4.39 Å². The van der Waals surface area contributed by atoms with Crippen LogP contribution < -0.4 is 10.2 Å². The third-order valence-electron chi connectivity index (χ3n) is 5.35. The van der Waals surface area contributed by atoms with E-state index in [-0.39, 0.29) is 5.82 Å². The van der Waals surface area contributed by atoms with Gasteiger partial charge in [-0.05, 0) is 55.7 Å². The lowest BCUT2D eigenvalue weighted by Crippen LogP contribution is -2.32. The third-order valence-corrected chi connectivity index (χ3v) is 5.35. The fourth-order valence-electron chi connectivity index (χ4n) is 3.81. The summed E-state index contributed by atoms with van der Waals surface area (Å²) in [6.45, 7) is 7.56. The zero-order valence-corrected chi connectivity index (χ0v) is 19.7. The van der Waals surface area contributed by atoms with Crippen LogP contribution in [0.3, 0.4) is 0 Å². The molecule has 1 N–H and O–H groups in total. The monoisotopic (exact) mass is 457 g/mol. The molecule has 0 bridgehead atoms. The van der Waals surface area contributed by atoms with Crippen molar-refractivity contribution in [3.63, 3.8) is 0 Å². The summed E-state index contributed by atoms with van der Waals surface area (Å²) in [6.07, 6.45) is 11.3. The number of pyridine rings is 2. The van der Waals surface area contributed by atoms with Crippen molar-refractivity contribution in [1.29, 1.82) is 0 Å². The summed E-state index contributed by atoms with van der Waals surface area (Å²) >= 11 is 0. The number of hydrogen-bond donors (Lipinski definition) is 1. The van der Waals surface area contributed by atoms with Gasteiger partial charge in [-0.3, -0.25) is 15.0 Å². The van der Waals surface area contributed by atoms with Gasteiger partial charge in [0.25, 0.3) is 0 Å². The number of anilines is 2. The van der Waals surface area contributed by atoms with Crippen molar-refractivity contribution in [2.45, 2.75) is 33.7 Å². The van der Waals surface area contributed by atoms with Crippen molar-refractivity contribution in [3.05, 3.63) is 94.7 Å². The lowest BCUT2D eigenvalue weighted by Gasteiger charge is -2.29. The van der Waals surface area contributed by atoms with Crippen LogP contribution in [0.5, 0.6) is 0 Å². The topological polar surface area (TPSA) is 79.2 Å². The number of nitrogens with zero attached hydrogens (tertiary/aromatic N) is 6. The van der Waals surface area contributed by atoms with E-state index in [1.807, 2.05) is 56.0 Å². The zero-order valence-electron chi connectivity index (χ0n) is 19.7. The fourth-order valence-corrected chi connectivity index (χ4v) is 3.81. The molecule has 4 heterocycles. The van der Waals surface area contributed by atoms with Gasteiger partial charge < -0.3 is 10.2 Å². The second-order valence-electron chi connectivity index (χ2n) is 8.43. The van der Waals surface area contributed by atoms with E-state index in [4.69, 9.17) is 0 Å². The van der Waals surface area contributed by atoms with Gasteiger partial charge in [0.05, 0.1) is 0 Å². The first-order chi connectivity index (χ1) is 16.5. The Labute approximate surface area is 199 Å². The summed E-state index contributed by atoms with van der Waals surface area (Å²) in [6, 6.07) is 7.79.